The molecule has 0 aliphatic heterocycles. The zero-order chi connectivity index (χ0) is 16.1. The molecule has 0 amide bonds. The number of benzene rings is 2. The molecular weight excluding hydrogens is 277 g/mol. The van der Waals surface area contributed by atoms with Gasteiger partial charge < -0.3 is 0 Å². The highest BCUT2D eigenvalue weighted by Crippen LogP contribution is 2.14. The van der Waals surface area contributed by atoms with Crippen LogP contribution in [0.1, 0.15) is 31.0 Å². The van der Waals surface area contributed by atoms with Crippen molar-refractivity contribution in [2.75, 3.05) is 0 Å². The standard InChI is InChI=1S/C21H22BN/c1-17(2)18-13-14-23-21(15-18)16-22(19-9-5-3-6-10-19)20-11-7-4-8-12-20/h3-15,17H,16H2,1-2H3. The predicted octanol–water partition coefficient (Wildman–Crippen LogP) is 3.60. The van der Waals surface area contributed by atoms with Gasteiger partial charge in [-0.1, -0.05) is 85.4 Å². The predicted molar refractivity (Wildman–Crippen MR) is 99.9 cm³/mol. The van der Waals surface area contributed by atoms with Crippen LogP contribution >= 0.6 is 0 Å². The van der Waals surface area contributed by atoms with Crippen molar-refractivity contribution in [2.45, 2.75) is 26.1 Å². The van der Waals surface area contributed by atoms with Gasteiger partial charge in [-0.15, -0.1) is 0 Å². The molecule has 0 aliphatic carbocycles. The van der Waals surface area contributed by atoms with Crippen molar-refractivity contribution in [1.29, 1.82) is 0 Å². The van der Waals surface area contributed by atoms with Gasteiger partial charge in [0.15, 0.2) is 0 Å². The molecule has 3 aromatic rings. The van der Waals surface area contributed by atoms with Gasteiger partial charge in [-0.2, -0.15) is 0 Å². The van der Waals surface area contributed by atoms with Crippen molar-refractivity contribution < 1.29 is 0 Å². The summed E-state index contributed by atoms with van der Waals surface area (Å²) < 4.78 is 0. The maximum Gasteiger partial charge on any atom is 0.215 e. The Hall–Kier alpha value is -2.35. The zero-order valence-electron chi connectivity index (χ0n) is 13.8. The van der Waals surface area contributed by atoms with Gasteiger partial charge in [0.1, 0.15) is 0 Å². The number of pyridine rings is 1. The topological polar surface area (TPSA) is 12.9 Å². The summed E-state index contributed by atoms with van der Waals surface area (Å²) in [5.41, 5.74) is 5.20. The molecule has 0 saturated carbocycles. The van der Waals surface area contributed by atoms with Crippen molar-refractivity contribution >= 4 is 17.6 Å². The van der Waals surface area contributed by atoms with Gasteiger partial charge in [0.05, 0.1) is 0 Å². The summed E-state index contributed by atoms with van der Waals surface area (Å²) in [7, 11) is 0. The second-order valence-corrected chi connectivity index (χ2v) is 6.31. The molecule has 0 saturated heterocycles. The molecule has 2 heteroatoms. The van der Waals surface area contributed by atoms with Crippen LogP contribution in [-0.2, 0) is 6.32 Å². The van der Waals surface area contributed by atoms with Gasteiger partial charge in [0.25, 0.3) is 0 Å². The third-order valence-electron chi connectivity index (χ3n) is 4.32. The summed E-state index contributed by atoms with van der Waals surface area (Å²) in [5, 5.41) is 0. The fourth-order valence-corrected chi connectivity index (χ4v) is 2.98. The normalized spacial score (nSPS) is 10.7. The Labute approximate surface area is 139 Å². The van der Waals surface area contributed by atoms with E-state index < -0.39 is 0 Å². The zero-order valence-corrected chi connectivity index (χ0v) is 13.8. The molecule has 1 aromatic heterocycles. The molecule has 0 aliphatic rings. The van der Waals surface area contributed by atoms with Crippen LogP contribution in [0, 0.1) is 0 Å². The highest BCUT2D eigenvalue weighted by molar-refractivity contribution is 6.84. The van der Waals surface area contributed by atoms with E-state index in [1.165, 1.54) is 16.5 Å². The molecule has 0 unspecified atom stereocenters. The van der Waals surface area contributed by atoms with Gasteiger partial charge >= 0.3 is 0 Å². The maximum absolute atomic E-state index is 4.61. The summed E-state index contributed by atoms with van der Waals surface area (Å²) in [6.45, 7) is 4.79. The number of hydrogen-bond acceptors (Lipinski definition) is 1. The van der Waals surface area contributed by atoms with E-state index in [1.54, 1.807) is 0 Å². The van der Waals surface area contributed by atoms with Gasteiger partial charge in [-0.25, -0.2) is 0 Å². The first-order chi connectivity index (χ1) is 11.2. The number of aromatic nitrogens is 1. The highest BCUT2D eigenvalue weighted by Gasteiger charge is 2.20. The summed E-state index contributed by atoms with van der Waals surface area (Å²) in [5.74, 6) is 0.531. The molecule has 0 N–H and O–H groups in total. The monoisotopic (exact) mass is 299 g/mol. The van der Waals surface area contributed by atoms with Gasteiger partial charge in [-0.3, -0.25) is 4.98 Å². The molecule has 3 rings (SSSR count). The lowest BCUT2D eigenvalue weighted by Crippen LogP contribution is -2.44. The SMILES string of the molecule is CC(C)c1ccnc(CB(c2ccccc2)c2ccccc2)c1. The lowest BCUT2D eigenvalue weighted by molar-refractivity contribution is 0.858. The third kappa shape index (κ3) is 3.90. The number of rotatable bonds is 5. The second kappa shape index (κ2) is 7.28. The molecule has 0 radical (unpaired) electrons. The van der Waals surface area contributed by atoms with Crippen LogP contribution in [0.25, 0.3) is 0 Å². The summed E-state index contributed by atoms with van der Waals surface area (Å²) in [6, 6.07) is 25.8. The highest BCUT2D eigenvalue weighted by atomic mass is 14.7. The Balaban J connectivity index is 1.95. The van der Waals surface area contributed by atoms with Gasteiger partial charge in [0, 0.05) is 11.9 Å². The van der Waals surface area contributed by atoms with Crippen molar-refractivity contribution in [1.82, 2.24) is 4.98 Å². The molecule has 1 nitrogen and oxygen atoms in total. The number of hydrogen-bond donors (Lipinski definition) is 0. The number of nitrogens with zero attached hydrogens (tertiary/aromatic N) is 1. The molecule has 114 valence electrons. The molecule has 0 bridgehead atoms. The summed E-state index contributed by atoms with van der Waals surface area (Å²) in [4.78, 5) is 4.61. The Morgan fingerprint density at radius 1 is 0.826 bits per heavy atom. The van der Waals surface area contributed by atoms with E-state index in [4.69, 9.17) is 0 Å². The Kier molecular flexibility index (Phi) is 4.92. The minimum Gasteiger partial charge on any atom is -0.262 e. The van der Waals surface area contributed by atoms with Crippen LogP contribution in [0.2, 0.25) is 0 Å². The summed E-state index contributed by atoms with van der Waals surface area (Å²) >= 11 is 0. The largest absolute Gasteiger partial charge is 0.262 e. The van der Waals surface area contributed by atoms with Crippen LogP contribution in [0.3, 0.4) is 0 Å². The van der Waals surface area contributed by atoms with Gasteiger partial charge in [0.2, 0.25) is 6.71 Å². The first kappa shape index (κ1) is 15.5. The van der Waals surface area contributed by atoms with Crippen LogP contribution in [0.4, 0.5) is 0 Å². The van der Waals surface area contributed by atoms with Crippen molar-refractivity contribution in [2.24, 2.45) is 0 Å². The van der Waals surface area contributed by atoms with Crippen LogP contribution in [0.15, 0.2) is 79.0 Å². The van der Waals surface area contributed by atoms with E-state index in [1.807, 2.05) is 6.20 Å². The molecule has 0 atom stereocenters. The Bertz CT molecular complexity index is 699. The first-order valence-electron chi connectivity index (χ1n) is 8.29. The minimum atomic E-state index is 0.340. The van der Waals surface area contributed by atoms with Crippen LogP contribution < -0.4 is 10.9 Å². The first-order valence-corrected chi connectivity index (χ1v) is 8.29. The lowest BCUT2D eigenvalue weighted by atomic mass is 9.38. The van der Waals surface area contributed by atoms with Crippen molar-refractivity contribution in [3.63, 3.8) is 0 Å². The average Bonchev–Trinajstić information content (AvgIpc) is 2.61. The minimum absolute atomic E-state index is 0.340. The molecular formula is C21H22BN. The second-order valence-electron chi connectivity index (χ2n) is 6.31. The van der Waals surface area contributed by atoms with Crippen LogP contribution in [-0.4, -0.2) is 11.7 Å². The van der Waals surface area contributed by atoms with E-state index in [2.05, 4.69) is 91.6 Å². The maximum atomic E-state index is 4.61. The van der Waals surface area contributed by atoms with Crippen molar-refractivity contribution in [3.05, 3.63) is 90.3 Å². The van der Waals surface area contributed by atoms with E-state index >= 15 is 0 Å². The molecule has 1 heterocycles. The fourth-order valence-electron chi connectivity index (χ4n) is 2.98. The average molecular weight is 299 g/mol. The van der Waals surface area contributed by atoms with E-state index in [9.17, 15) is 0 Å². The van der Waals surface area contributed by atoms with Crippen molar-refractivity contribution in [3.8, 4) is 0 Å². The Morgan fingerprint density at radius 2 is 1.39 bits per heavy atom. The molecule has 23 heavy (non-hydrogen) atoms. The molecule has 0 fully saturated rings. The quantitative estimate of drug-likeness (QED) is 0.656. The third-order valence-corrected chi connectivity index (χ3v) is 4.32. The summed E-state index contributed by atoms with van der Waals surface area (Å²) in [6.07, 6.45) is 2.87. The lowest BCUT2D eigenvalue weighted by Gasteiger charge is -2.15. The van der Waals surface area contributed by atoms with Crippen LogP contribution in [0.5, 0.6) is 0 Å². The fraction of sp³-hybridized carbons (Fsp3) is 0.190. The molecule has 2 aromatic carbocycles. The molecule has 0 spiro atoms. The Morgan fingerprint density at radius 3 is 1.91 bits per heavy atom. The van der Waals surface area contributed by atoms with E-state index in [0.717, 1.165) is 12.0 Å². The van der Waals surface area contributed by atoms with Gasteiger partial charge in [-0.05, 0) is 29.9 Å². The van der Waals surface area contributed by atoms with E-state index in [-0.39, 0.29) is 0 Å². The van der Waals surface area contributed by atoms with E-state index in [0.29, 0.717) is 12.6 Å². The smallest absolute Gasteiger partial charge is 0.215 e.